The highest BCUT2D eigenvalue weighted by molar-refractivity contribution is 6.30. The molecule has 1 amide bonds. The minimum atomic E-state index is -0.789. The SMILES string of the molecule is Cc1cccc(C)c1C(O)N1CCC[C@H](C(=O)Nc2cccc(Cl)c2)C1c1ccccc1. The third-order valence-electron chi connectivity index (χ3n) is 6.35. The van der Waals surface area contributed by atoms with Crippen molar-refractivity contribution in [1.82, 2.24) is 4.90 Å². The molecule has 2 N–H and O–H groups in total. The van der Waals surface area contributed by atoms with E-state index in [2.05, 4.69) is 10.2 Å². The van der Waals surface area contributed by atoms with Crippen LogP contribution in [0.1, 0.15) is 47.4 Å². The average molecular weight is 449 g/mol. The van der Waals surface area contributed by atoms with Crippen LogP contribution in [0.4, 0.5) is 5.69 Å². The maximum absolute atomic E-state index is 13.4. The van der Waals surface area contributed by atoms with Gasteiger partial charge in [-0.3, -0.25) is 9.69 Å². The number of nitrogens with one attached hydrogen (secondary N) is 1. The Morgan fingerprint density at radius 2 is 1.72 bits per heavy atom. The Bertz CT molecular complexity index is 1070. The summed E-state index contributed by atoms with van der Waals surface area (Å²) in [6.45, 7) is 4.77. The van der Waals surface area contributed by atoms with Crippen LogP contribution >= 0.6 is 11.6 Å². The minimum Gasteiger partial charge on any atom is -0.374 e. The highest BCUT2D eigenvalue weighted by atomic mass is 35.5. The van der Waals surface area contributed by atoms with Gasteiger partial charge in [0.25, 0.3) is 0 Å². The molecule has 4 nitrogen and oxygen atoms in total. The summed E-state index contributed by atoms with van der Waals surface area (Å²) in [7, 11) is 0. The van der Waals surface area contributed by atoms with Crippen LogP contribution in [-0.4, -0.2) is 22.5 Å². The number of aliphatic hydroxyl groups excluding tert-OH is 1. The van der Waals surface area contributed by atoms with E-state index in [0.717, 1.165) is 41.6 Å². The van der Waals surface area contributed by atoms with Crippen molar-refractivity contribution in [2.75, 3.05) is 11.9 Å². The molecule has 0 saturated carbocycles. The summed E-state index contributed by atoms with van der Waals surface area (Å²) in [4.78, 5) is 15.5. The average Bonchev–Trinajstić information content (AvgIpc) is 2.79. The number of likely N-dealkylation sites (tertiary alicyclic amines) is 1. The summed E-state index contributed by atoms with van der Waals surface area (Å²) in [6, 6.07) is 23.0. The largest absolute Gasteiger partial charge is 0.374 e. The number of carbonyl (C=O) groups is 1. The van der Waals surface area contributed by atoms with E-state index in [0.29, 0.717) is 10.7 Å². The van der Waals surface area contributed by atoms with E-state index in [4.69, 9.17) is 11.6 Å². The summed E-state index contributed by atoms with van der Waals surface area (Å²) in [5, 5.41) is 15.2. The molecule has 1 heterocycles. The zero-order valence-corrected chi connectivity index (χ0v) is 19.2. The number of aryl methyl sites for hydroxylation is 2. The summed E-state index contributed by atoms with van der Waals surface area (Å²) >= 11 is 6.11. The third kappa shape index (κ3) is 4.73. The maximum atomic E-state index is 13.4. The van der Waals surface area contributed by atoms with Crippen molar-refractivity contribution in [3.05, 3.63) is 100 Å². The van der Waals surface area contributed by atoms with Gasteiger partial charge in [0.05, 0.1) is 5.92 Å². The standard InChI is InChI=1S/C27H29ClN2O2/c1-18-9-6-10-19(2)24(18)27(32)30-16-8-15-23(25(30)20-11-4-3-5-12-20)26(31)29-22-14-7-13-21(28)17-22/h3-7,9-14,17,23,25,27,32H,8,15-16H2,1-2H3,(H,29,31)/t23-,25?,27?/m0/s1. The summed E-state index contributed by atoms with van der Waals surface area (Å²) in [5.41, 5.74) is 4.74. The van der Waals surface area contributed by atoms with Gasteiger partial charge in [-0.2, -0.15) is 0 Å². The second-order valence-electron chi connectivity index (χ2n) is 8.52. The topological polar surface area (TPSA) is 52.6 Å². The van der Waals surface area contributed by atoms with Gasteiger partial charge in [0.2, 0.25) is 5.91 Å². The fourth-order valence-corrected chi connectivity index (χ4v) is 5.04. The molecule has 1 fully saturated rings. The normalized spacial score (nSPS) is 20.0. The highest BCUT2D eigenvalue weighted by Crippen LogP contribution is 2.42. The van der Waals surface area contributed by atoms with E-state index < -0.39 is 6.23 Å². The molecule has 1 aliphatic rings. The number of carbonyl (C=O) groups excluding carboxylic acids is 1. The van der Waals surface area contributed by atoms with Crippen molar-refractivity contribution in [1.29, 1.82) is 0 Å². The molecule has 0 bridgehead atoms. The first-order valence-electron chi connectivity index (χ1n) is 11.1. The first-order chi connectivity index (χ1) is 15.5. The van der Waals surface area contributed by atoms with Crippen LogP contribution in [0.3, 0.4) is 0 Å². The molecule has 3 aromatic carbocycles. The Hall–Kier alpha value is -2.66. The minimum absolute atomic E-state index is 0.0560. The molecule has 0 aliphatic carbocycles. The lowest BCUT2D eigenvalue weighted by molar-refractivity contribution is -0.128. The molecule has 3 aromatic rings. The van der Waals surface area contributed by atoms with Gasteiger partial charge < -0.3 is 10.4 Å². The smallest absolute Gasteiger partial charge is 0.229 e. The Morgan fingerprint density at radius 1 is 1.03 bits per heavy atom. The van der Waals surface area contributed by atoms with Crippen molar-refractivity contribution in [2.45, 2.75) is 39.0 Å². The second-order valence-corrected chi connectivity index (χ2v) is 8.96. The molecule has 32 heavy (non-hydrogen) atoms. The molecule has 4 rings (SSSR count). The summed E-state index contributed by atoms with van der Waals surface area (Å²) in [5.74, 6) is -0.358. The first kappa shape index (κ1) is 22.5. The van der Waals surface area contributed by atoms with Crippen LogP contribution in [0.2, 0.25) is 5.02 Å². The van der Waals surface area contributed by atoms with Crippen molar-refractivity contribution in [3.8, 4) is 0 Å². The lowest BCUT2D eigenvalue weighted by atomic mass is 9.83. The van der Waals surface area contributed by atoms with Gasteiger partial charge in [0, 0.05) is 28.9 Å². The molecule has 0 spiro atoms. The number of benzene rings is 3. The lowest BCUT2D eigenvalue weighted by Gasteiger charge is -2.44. The van der Waals surface area contributed by atoms with Crippen LogP contribution in [0.5, 0.6) is 0 Å². The van der Waals surface area contributed by atoms with Crippen LogP contribution < -0.4 is 5.32 Å². The van der Waals surface area contributed by atoms with Crippen LogP contribution in [0, 0.1) is 19.8 Å². The lowest BCUT2D eigenvalue weighted by Crippen LogP contribution is -2.45. The highest BCUT2D eigenvalue weighted by Gasteiger charge is 2.40. The molecular formula is C27H29ClN2O2. The number of hydrogen-bond acceptors (Lipinski definition) is 3. The Kier molecular flexibility index (Phi) is 6.95. The van der Waals surface area contributed by atoms with Gasteiger partial charge in [-0.15, -0.1) is 0 Å². The fraction of sp³-hybridized carbons (Fsp3) is 0.296. The number of anilines is 1. The van der Waals surface area contributed by atoms with Crippen molar-refractivity contribution < 1.29 is 9.90 Å². The van der Waals surface area contributed by atoms with E-state index in [1.807, 2.05) is 74.5 Å². The van der Waals surface area contributed by atoms with Crippen molar-refractivity contribution in [3.63, 3.8) is 0 Å². The van der Waals surface area contributed by atoms with Crippen molar-refractivity contribution >= 4 is 23.2 Å². The van der Waals surface area contributed by atoms with Gasteiger partial charge in [-0.25, -0.2) is 0 Å². The van der Waals surface area contributed by atoms with Gasteiger partial charge in [0.15, 0.2) is 0 Å². The fourth-order valence-electron chi connectivity index (χ4n) is 4.85. The monoisotopic (exact) mass is 448 g/mol. The Balaban J connectivity index is 1.69. The molecule has 1 saturated heterocycles. The molecule has 166 valence electrons. The van der Waals surface area contributed by atoms with Gasteiger partial charge in [0.1, 0.15) is 6.23 Å². The first-order valence-corrected chi connectivity index (χ1v) is 11.4. The molecule has 1 aliphatic heterocycles. The van der Waals surface area contributed by atoms with Crippen LogP contribution in [0.15, 0.2) is 72.8 Å². The molecule has 2 unspecified atom stereocenters. The maximum Gasteiger partial charge on any atom is 0.229 e. The predicted molar refractivity (Wildman–Crippen MR) is 130 cm³/mol. The van der Waals surface area contributed by atoms with Crippen LogP contribution in [0.25, 0.3) is 0 Å². The number of amides is 1. The van der Waals surface area contributed by atoms with Crippen molar-refractivity contribution in [2.24, 2.45) is 5.92 Å². The van der Waals surface area contributed by atoms with E-state index >= 15 is 0 Å². The molecule has 3 atom stereocenters. The zero-order valence-electron chi connectivity index (χ0n) is 18.5. The van der Waals surface area contributed by atoms with Gasteiger partial charge >= 0.3 is 0 Å². The Morgan fingerprint density at radius 3 is 2.41 bits per heavy atom. The van der Waals surface area contributed by atoms with Gasteiger partial charge in [-0.1, -0.05) is 66.2 Å². The van der Waals surface area contributed by atoms with E-state index in [9.17, 15) is 9.90 Å². The number of halogens is 1. The quantitative estimate of drug-likeness (QED) is 0.500. The molecular weight excluding hydrogens is 420 g/mol. The van der Waals surface area contributed by atoms with E-state index in [1.54, 1.807) is 12.1 Å². The van der Waals surface area contributed by atoms with E-state index in [-0.39, 0.29) is 17.9 Å². The molecule has 0 aromatic heterocycles. The number of nitrogens with zero attached hydrogens (tertiary/aromatic N) is 1. The summed E-state index contributed by atoms with van der Waals surface area (Å²) in [6.07, 6.45) is 0.795. The van der Waals surface area contributed by atoms with Crippen LogP contribution in [-0.2, 0) is 4.79 Å². The van der Waals surface area contributed by atoms with Gasteiger partial charge in [-0.05, 0) is 61.6 Å². The molecule has 5 heteroatoms. The van der Waals surface area contributed by atoms with E-state index in [1.165, 1.54) is 0 Å². The second kappa shape index (κ2) is 9.86. The molecule has 0 radical (unpaired) electrons. The third-order valence-corrected chi connectivity index (χ3v) is 6.59. The summed E-state index contributed by atoms with van der Waals surface area (Å²) < 4.78 is 0. The number of rotatable bonds is 5. The zero-order chi connectivity index (χ0) is 22.7. The predicted octanol–water partition coefficient (Wildman–Crippen LogP) is 6.04. The number of hydrogen-bond donors (Lipinski definition) is 2. The number of piperidine rings is 1. The number of aliphatic hydroxyl groups is 1. The Labute approximate surface area is 194 Å².